The van der Waals surface area contributed by atoms with Gasteiger partial charge in [0, 0.05) is 11.9 Å². The van der Waals surface area contributed by atoms with Crippen LogP contribution >= 0.6 is 0 Å². The Morgan fingerprint density at radius 2 is 1.76 bits per heavy atom. The van der Waals surface area contributed by atoms with E-state index in [9.17, 15) is 4.79 Å². The van der Waals surface area contributed by atoms with Crippen molar-refractivity contribution in [3.63, 3.8) is 0 Å². The van der Waals surface area contributed by atoms with Crippen molar-refractivity contribution in [2.24, 2.45) is 0 Å². The first kappa shape index (κ1) is 15.0. The predicted octanol–water partition coefficient (Wildman–Crippen LogP) is 4.09. The summed E-state index contributed by atoms with van der Waals surface area (Å²) in [5, 5.41) is 5.81. The van der Waals surface area contributed by atoms with Crippen LogP contribution in [0.4, 0.5) is 10.5 Å². The van der Waals surface area contributed by atoms with Gasteiger partial charge in [0.25, 0.3) is 0 Å². The van der Waals surface area contributed by atoms with Crippen molar-refractivity contribution in [3.8, 4) is 0 Å². The molecule has 2 rings (SSSR count). The maximum absolute atomic E-state index is 12.1. The number of hydrogen-bond acceptors (Lipinski definition) is 2. The van der Waals surface area contributed by atoms with E-state index < -0.39 is 0 Å². The first-order valence-electron chi connectivity index (χ1n) is 7.15. The Morgan fingerprint density at radius 3 is 2.43 bits per heavy atom. The van der Waals surface area contributed by atoms with Crippen LogP contribution in [0.5, 0.6) is 0 Å². The van der Waals surface area contributed by atoms with Gasteiger partial charge in [-0.1, -0.05) is 38.1 Å². The van der Waals surface area contributed by atoms with Gasteiger partial charge < -0.3 is 10.6 Å². The Labute approximate surface area is 125 Å². The number of benzene rings is 1. The highest BCUT2D eigenvalue weighted by molar-refractivity contribution is 5.90. The van der Waals surface area contributed by atoms with Crippen molar-refractivity contribution in [2.75, 3.05) is 5.32 Å². The fourth-order valence-electron chi connectivity index (χ4n) is 2.18. The van der Waals surface area contributed by atoms with E-state index in [1.54, 1.807) is 6.20 Å². The second-order valence-corrected chi connectivity index (χ2v) is 5.32. The summed E-state index contributed by atoms with van der Waals surface area (Å²) in [6, 6.07) is 13.1. The van der Waals surface area contributed by atoms with E-state index in [-0.39, 0.29) is 12.1 Å². The summed E-state index contributed by atoms with van der Waals surface area (Å²) in [6.07, 6.45) is 1.72. The van der Waals surface area contributed by atoms with E-state index in [0.29, 0.717) is 5.92 Å². The fourth-order valence-corrected chi connectivity index (χ4v) is 2.18. The molecule has 0 fully saturated rings. The molecular weight excluding hydrogens is 262 g/mol. The van der Waals surface area contributed by atoms with Crippen LogP contribution in [0.15, 0.2) is 48.7 Å². The quantitative estimate of drug-likeness (QED) is 0.888. The summed E-state index contributed by atoms with van der Waals surface area (Å²) in [5.41, 5.74) is 2.81. The molecule has 0 spiro atoms. The molecule has 1 atom stereocenters. The standard InChI is InChI=1S/C17H21N3O/c1-12(2)14-8-4-5-10-16(14)20-17(21)19-13(3)15-9-6-7-11-18-15/h4-13H,1-3H3,(H2,19,20,21)/t13-/m0/s1. The molecule has 1 aromatic carbocycles. The third kappa shape index (κ3) is 4.05. The summed E-state index contributed by atoms with van der Waals surface area (Å²) < 4.78 is 0. The number of carbonyl (C=O) groups is 1. The Bertz CT molecular complexity index is 596. The molecule has 0 aliphatic rings. The summed E-state index contributed by atoms with van der Waals surface area (Å²) in [7, 11) is 0. The van der Waals surface area contributed by atoms with Gasteiger partial charge >= 0.3 is 6.03 Å². The van der Waals surface area contributed by atoms with Gasteiger partial charge in [0.1, 0.15) is 0 Å². The van der Waals surface area contributed by atoms with Crippen molar-refractivity contribution in [1.29, 1.82) is 0 Å². The Kier molecular flexibility index (Phi) is 4.93. The van der Waals surface area contributed by atoms with E-state index in [1.807, 2.05) is 49.4 Å². The molecule has 1 aromatic heterocycles. The first-order valence-corrected chi connectivity index (χ1v) is 7.15. The Hall–Kier alpha value is -2.36. The average molecular weight is 283 g/mol. The monoisotopic (exact) mass is 283 g/mol. The van der Waals surface area contributed by atoms with Gasteiger partial charge in [0.05, 0.1) is 11.7 Å². The maximum atomic E-state index is 12.1. The number of aromatic nitrogens is 1. The molecule has 0 radical (unpaired) electrons. The molecule has 0 aliphatic heterocycles. The van der Waals surface area contributed by atoms with Gasteiger partial charge in [-0.2, -0.15) is 0 Å². The zero-order chi connectivity index (χ0) is 15.2. The first-order chi connectivity index (χ1) is 10.1. The molecule has 0 bridgehead atoms. The molecule has 0 aliphatic carbocycles. The average Bonchev–Trinajstić information content (AvgIpc) is 2.48. The zero-order valence-corrected chi connectivity index (χ0v) is 12.6. The van der Waals surface area contributed by atoms with Gasteiger partial charge in [-0.15, -0.1) is 0 Å². The third-order valence-electron chi connectivity index (χ3n) is 3.31. The number of para-hydroxylation sites is 1. The number of nitrogens with one attached hydrogen (secondary N) is 2. The predicted molar refractivity (Wildman–Crippen MR) is 85.3 cm³/mol. The molecule has 21 heavy (non-hydrogen) atoms. The van der Waals surface area contributed by atoms with Crippen LogP contribution in [0.3, 0.4) is 0 Å². The molecule has 2 amide bonds. The van der Waals surface area contributed by atoms with Gasteiger partial charge in [-0.05, 0) is 36.6 Å². The molecule has 0 saturated heterocycles. The lowest BCUT2D eigenvalue weighted by Crippen LogP contribution is -2.31. The number of anilines is 1. The summed E-state index contributed by atoms with van der Waals surface area (Å²) in [6.45, 7) is 6.13. The highest BCUT2D eigenvalue weighted by Gasteiger charge is 2.12. The Balaban J connectivity index is 2.02. The van der Waals surface area contributed by atoms with E-state index in [4.69, 9.17) is 0 Å². The normalized spacial score (nSPS) is 12.0. The molecule has 110 valence electrons. The van der Waals surface area contributed by atoms with Crippen LogP contribution in [0, 0.1) is 0 Å². The number of pyridine rings is 1. The van der Waals surface area contributed by atoms with Gasteiger partial charge in [-0.25, -0.2) is 4.79 Å². The number of carbonyl (C=O) groups excluding carboxylic acids is 1. The number of nitrogens with zero attached hydrogens (tertiary/aromatic N) is 1. The second-order valence-electron chi connectivity index (χ2n) is 5.32. The van der Waals surface area contributed by atoms with Crippen molar-refractivity contribution in [1.82, 2.24) is 10.3 Å². The molecular formula is C17H21N3O. The molecule has 2 N–H and O–H groups in total. The maximum Gasteiger partial charge on any atom is 0.319 e. The van der Waals surface area contributed by atoms with Crippen LogP contribution in [-0.4, -0.2) is 11.0 Å². The van der Waals surface area contributed by atoms with E-state index in [0.717, 1.165) is 16.9 Å². The van der Waals surface area contributed by atoms with Crippen molar-refractivity contribution >= 4 is 11.7 Å². The number of urea groups is 1. The Morgan fingerprint density at radius 1 is 1.05 bits per heavy atom. The number of hydrogen-bond donors (Lipinski definition) is 2. The van der Waals surface area contributed by atoms with Crippen LogP contribution in [0.1, 0.15) is 44.0 Å². The lowest BCUT2D eigenvalue weighted by atomic mass is 10.0. The molecule has 4 heteroatoms. The van der Waals surface area contributed by atoms with Crippen molar-refractivity contribution < 1.29 is 4.79 Å². The largest absolute Gasteiger partial charge is 0.330 e. The lowest BCUT2D eigenvalue weighted by molar-refractivity contribution is 0.249. The van der Waals surface area contributed by atoms with Gasteiger partial charge in [0.15, 0.2) is 0 Å². The summed E-state index contributed by atoms with van der Waals surface area (Å²) in [4.78, 5) is 16.4. The van der Waals surface area contributed by atoms with Crippen LogP contribution in [-0.2, 0) is 0 Å². The van der Waals surface area contributed by atoms with Crippen molar-refractivity contribution in [2.45, 2.75) is 32.7 Å². The molecule has 4 nitrogen and oxygen atoms in total. The topological polar surface area (TPSA) is 54.0 Å². The molecule has 0 unspecified atom stereocenters. The van der Waals surface area contributed by atoms with Gasteiger partial charge in [-0.3, -0.25) is 4.98 Å². The van der Waals surface area contributed by atoms with E-state index >= 15 is 0 Å². The van der Waals surface area contributed by atoms with E-state index in [2.05, 4.69) is 29.5 Å². The zero-order valence-electron chi connectivity index (χ0n) is 12.6. The number of amides is 2. The van der Waals surface area contributed by atoms with E-state index in [1.165, 1.54) is 0 Å². The third-order valence-corrected chi connectivity index (χ3v) is 3.31. The second kappa shape index (κ2) is 6.88. The highest BCUT2D eigenvalue weighted by Crippen LogP contribution is 2.23. The number of rotatable bonds is 4. The molecule has 2 aromatic rings. The summed E-state index contributed by atoms with van der Waals surface area (Å²) in [5.74, 6) is 0.356. The minimum absolute atomic E-state index is 0.141. The minimum atomic E-state index is -0.221. The van der Waals surface area contributed by atoms with Crippen LogP contribution in [0.2, 0.25) is 0 Å². The summed E-state index contributed by atoms with van der Waals surface area (Å²) >= 11 is 0. The van der Waals surface area contributed by atoms with Crippen molar-refractivity contribution in [3.05, 3.63) is 59.9 Å². The fraction of sp³-hybridized carbons (Fsp3) is 0.294. The van der Waals surface area contributed by atoms with Crippen LogP contribution in [0.25, 0.3) is 0 Å². The molecule has 0 saturated carbocycles. The smallest absolute Gasteiger partial charge is 0.319 e. The van der Waals surface area contributed by atoms with Gasteiger partial charge in [0.2, 0.25) is 0 Å². The molecule has 1 heterocycles. The SMILES string of the molecule is CC(C)c1ccccc1NC(=O)N[C@@H](C)c1ccccn1. The highest BCUT2D eigenvalue weighted by atomic mass is 16.2. The van der Waals surface area contributed by atoms with Crippen LogP contribution < -0.4 is 10.6 Å². The minimum Gasteiger partial charge on any atom is -0.330 e. The lowest BCUT2D eigenvalue weighted by Gasteiger charge is -2.17.